The molecule has 0 saturated carbocycles. The summed E-state index contributed by atoms with van der Waals surface area (Å²) in [6.07, 6.45) is 5.47. The number of rotatable bonds is 7. The quantitative estimate of drug-likeness (QED) is 0.597. The Labute approximate surface area is 145 Å². The van der Waals surface area contributed by atoms with E-state index in [0.717, 1.165) is 0 Å². The average Bonchev–Trinajstić information content (AvgIpc) is 2.59. The van der Waals surface area contributed by atoms with E-state index in [1.54, 1.807) is 36.4 Å². The minimum Gasteiger partial charge on any atom is -0.508 e. The van der Waals surface area contributed by atoms with E-state index < -0.39 is 0 Å². The molecule has 0 radical (unpaired) electrons. The maximum Gasteiger partial charge on any atom is 0.163 e. The van der Waals surface area contributed by atoms with Crippen LogP contribution in [0.3, 0.4) is 0 Å². The number of methoxy groups -OCH3 is 1. The third kappa shape index (κ3) is 5.66. The molecule has 2 rings (SSSR count). The molecular formula is C20H18O5. The number of aromatic hydroxyl groups is 2. The van der Waals surface area contributed by atoms with Crippen molar-refractivity contribution in [1.29, 1.82) is 0 Å². The molecule has 0 unspecified atom stereocenters. The average molecular weight is 338 g/mol. The largest absolute Gasteiger partial charge is 0.508 e. The maximum absolute atomic E-state index is 11.9. The molecular weight excluding hydrogens is 320 g/mol. The second-order valence-electron chi connectivity index (χ2n) is 5.30. The first-order chi connectivity index (χ1) is 12.0. The second-order valence-corrected chi connectivity index (χ2v) is 5.30. The van der Waals surface area contributed by atoms with Crippen molar-refractivity contribution in [3.63, 3.8) is 0 Å². The van der Waals surface area contributed by atoms with Gasteiger partial charge in [0.15, 0.2) is 23.1 Å². The van der Waals surface area contributed by atoms with E-state index in [1.165, 1.54) is 37.5 Å². The summed E-state index contributed by atoms with van der Waals surface area (Å²) in [7, 11) is 1.44. The smallest absolute Gasteiger partial charge is 0.163 e. The molecule has 0 bridgehead atoms. The zero-order valence-electron chi connectivity index (χ0n) is 13.7. The molecule has 0 heterocycles. The highest BCUT2D eigenvalue weighted by molar-refractivity contribution is 6.10. The van der Waals surface area contributed by atoms with Crippen LogP contribution in [0.4, 0.5) is 0 Å². The standard InChI is InChI=1S/C20H18O5/c1-25-20-12-15(7-10-19(20)24)6-9-18(23)13-17(22)8-5-14-3-2-4-16(21)11-14/h2-12,21,24H,13H2,1H3. The lowest BCUT2D eigenvalue weighted by atomic mass is 10.1. The highest BCUT2D eigenvalue weighted by atomic mass is 16.5. The van der Waals surface area contributed by atoms with E-state index >= 15 is 0 Å². The van der Waals surface area contributed by atoms with Crippen LogP contribution in [0, 0.1) is 0 Å². The molecule has 25 heavy (non-hydrogen) atoms. The summed E-state index contributed by atoms with van der Waals surface area (Å²) in [5.41, 5.74) is 1.35. The monoisotopic (exact) mass is 338 g/mol. The van der Waals surface area contributed by atoms with E-state index in [0.29, 0.717) is 16.9 Å². The number of hydrogen-bond acceptors (Lipinski definition) is 5. The summed E-state index contributed by atoms with van der Waals surface area (Å²) in [4.78, 5) is 23.7. The first-order valence-corrected chi connectivity index (χ1v) is 7.56. The molecule has 0 amide bonds. The minimum absolute atomic E-state index is 0.0123. The van der Waals surface area contributed by atoms with Crippen LogP contribution in [0.1, 0.15) is 17.5 Å². The van der Waals surface area contributed by atoms with Gasteiger partial charge >= 0.3 is 0 Å². The summed E-state index contributed by atoms with van der Waals surface area (Å²) in [5, 5.41) is 18.9. The van der Waals surface area contributed by atoms with Crippen LogP contribution in [0.25, 0.3) is 12.2 Å². The van der Waals surface area contributed by atoms with Crippen LogP contribution in [0.15, 0.2) is 54.6 Å². The van der Waals surface area contributed by atoms with Crippen LogP contribution >= 0.6 is 0 Å². The van der Waals surface area contributed by atoms with Gasteiger partial charge in [0.2, 0.25) is 0 Å². The van der Waals surface area contributed by atoms with Gasteiger partial charge in [0.1, 0.15) is 5.75 Å². The minimum atomic E-state index is -0.336. The Hall–Kier alpha value is -3.34. The molecule has 2 N–H and O–H groups in total. The van der Waals surface area contributed by atoms with E-state index in [9.17, 15) is 19.8 Å². The maximum atomic E-state index is 11.9. The Kier molecular flexibility index (Phi) is 6.12. The van der Waals surface area contributed by atoms with Crippen LogP contribution < -0.4 is 4.74 Å². The lowest BCUT2D eigenvalue weighted by Gasteiger charge is -2.03. The first-order valence-electron chi connectivity index (χ1n) is 7.56. The van der Waals surface area contributed by atoms with Crippen molar-refractivity contribution < 1.29 is 24.5 Å². The first kappa shape index (κ1) is 18.0. The number of carbonyl (C=O) groups is 2. The highest BCUT2D eigenvalue weighted by Crippen LogP contribution is 2.26. The number of allylic oxidation sites excluding steroid dienone is 2. The normalized spacial score (nSPS) is 11.1. The van der Waals surface area contributed by atoms with Crippen molar-refractivity contribution in [2.75, 3.05) is 7.11 Å². The molecule has 5 heteroatoms. The van der Waals surface area contributed by atoms with Gasteiger partial charge in [-0.15, -0.1) is 0 Å². The molecule has 5 nitrogen and oxygen atoms in total. The number of phenolic OH excluding ortho intramolecular Hbond substituents is 2. The summed E-state index contributed by atoms with van der Waals surface area (Å²) < 4.78 is 4.99. The Morgan fingerprint density at radius 3 is 2.20 bits per heavy atom. The molecule has 0 aliphatic heterocycles. The van der Waals surface area contributed by atoms with E-state index in [2.05, 4.69) is 0 Å². The fraction of sp³-hybridized carbons (Fsp3) is 0.100. The number of ketones is 2. The van der Waals surface area contributed by atoms with Gasteiger partial charge in [0.25, 0.3) is 0 Å². The highest BCUT2D eigenvalue weighted by Gasteiger charge is 2.05. The second kappa shape index (κ2) is 8.49. The third-order valence-corrected chi connectivity index (χ3v) is 3.35. The lowest BCUT2D eigenvalue weighted by Crippen LogP contribution is -2.01. The van der Waals surface area contributed by atoms with Gasteiger partial charge in [-0.05, 0) is 47.5 Å². The summed E-state index contributed by atoms with van der Waals surface area (Å²) >= 11 is 0. The predicted octanol–water partition coefficient (Wildman–Crippen LogP) is 3.36. The third-order valence-electron chi connectivity index (χ3n) is 3.35. The Morgan fingerprint density at radius 1 is 0.960 bits per heavy atom. The van der Waals surface area contributed by atoms with Crippen molar-refractivity contribution in [2.45, 2.75) is 6.42 Å². The molecule has 2 aromatic rings. The number of ether oxygens (including phenoxy) is 1. The summed E-state index contributed by atoms with van der Waals surface area (Å²) in [6, 6.07) is 11.1. The Balaban J connectivity index is 1.94. The van der Waals surface area contributed by atoms with E-state index in [-0.39, 0.29) is 29.5 Å². The molecule has 0 atom stereocenters. The zero-order chi connectivity index (χ0) is 18.2. The van der Waals surface area contributed by atoms with Crippen molar-refractivity contribution in [2.24, 2.45) is 0 Å². The molecule has 0 spiro atoms. The van der Waals surface area contributed by atoms with Gasteiger partial charge in [-0.2, -0.15) is 0 Å². The van der Waals surface area contributed by atoms with Gasteiger partial charge in [0, 0.05) is 0 Å². The van der Waals surface area contributed by atoms with Crippen LogP contribution in [0.2, 0.25) is 0 Å². The molecule has 0 fully saturated rings. The molecule has 0 saturated heterocycles. The van der Waals surface area contributed by atoms with Gasteiger partial charge < -0.3 is 14.9 Å². The van der Waals surface area contributed by atoms with Gasteiger partial charge in [-0.3, -0.25) is 9.59 Å². The van der Waals surface area contributed by atoms with Crippen molar-refractivity contribution in [3.05, 3.63) is 65.7 Å². The lowest BCUT2D eigenvalue weighted by molar-refractivity contribution is -0.121. The zero-order valence-corrected chi connectivity index (χ0v) is 13.7. The SMILES string of the molecule is COc1cc(C=CC(=O)CC(=O)C=Cc2cccc(O)c2)ccc1O. The predicted molar refractivity (Wildman–Crippen MR) is 95.5 cm³/mol. The van der Waals surface area contributed by atoms with Gasteiger partial charge in [-0.25, -0.2) is 0 Å². The molecule has 2 aromatic carbocycles. The molecule has 0 aromatic heterocycles. The summed E-state index contributed by atoms with van der Waals surface area (Å²) in [5.74, 6) is -0.241. The van der Waals surface area contributed by atoms with Gasteiger partial charge in [0.05, 0.1) is 13.5 Å². The van der Waals surface area contributed by atoms with E-state index in [4.69, 9.17) is 4.74 Å². The van der Waals surface area contributed by atoms with Crippen molar-refractivity contribution in [1.82, 2.24) is 0 Å². The summed E-state index contributed by atoms with van der Waals surface area (Å²) in [6.45, 7) is 0. The number of hydrogen-bond donors (Lipinski definition) is 2. The van der Waals surface area contributed by atoms with Crippen LogP contribution in [-0.2, 0) is 9.59 Å². The van der Waals surface area contributed by atoms with Crippen molar-refractivity contribution >= 4 is 23.7 Å². The number of benzene rings is 2. The Bertz CT molecular complexity index is 834. The number of phenols is 2. The van der Waals surface area contributed by atoms with Gasteiger partial charge in [-0.1, -0.05) is 30.4 Å². The topological polar surface area (TPSA) is 83.8 Å². The fourth-order valence-corrected chi connectivity index (χ4v) is 2.09. The Morgan fingerprint density at radius 2 is 1.60 bits per heavy atom. The molecule has 0 aliphatic carbocycles. The van der Waals surface area contributed by atoms with E-state index in [1.807, 2.05) is 0 Å². The molecule has 0 aliphatic rings. The molecule has 128 valence electrons. The van der Waals surface area contributed by atoms with Crippen LogP contribution in [0.5, 0.6) is 17.2 Å². The number of carbonyl (C=O) groups excluding carboxylic acids is 2. The fourth-order valence-electron chi connectivity index (χ4n) is 2.09. The van der Waals surface area contributed by atoms with Crippen LogP contribution in [-0.4, -0.2) is 28.9 Å². The van der Waals surface area contributed by atoms with Crippen molar-refractivity contribution in [3.8, 4) is 17.2 Å².